The maximum Gasteiger partial charge on any atom is 0.159 e. The van der Waals surface area contributed by atoms with Gasteiger partial charge in [-0.05, 0) is 30.9 Å². The van der Waals surface area contributed by atoms with Gasteiger partial charge in [-0.2, -0.15) is 0 Å². The second kappa shape index (κ2) is 6.81. The van der Waals surface area contributed by atoms with Gasteiger partial charge in [-0.1, -0.05) is 36.2 Å². The van der Waals surface area contributed by atoms with Crippen LogP contribution in [0.5, 0.6) is 0 Å². The molecular weight excluding hydrogens is 333 g/mol. The number of rotatable bonds is 3. The van der Waals surface area contributed by atoms with Gasteiger partial charge in [-0.25, -0.2) is 9.97 Å². The van der Waals surface area contributed by atoms with Crippen LogP contribution < -0.4 is 16.0 Å². The Morgan fingerprint density at radius 2 is 2.13 bits per heavy atom. The van der Waals surface area contributed by atoms with Crippen molar-refractivity contribution in [3.8, 4) is 0 Å². The molecule has 0 saturated carbocycles. The Bertz CT molecular complexity index is 707. The Morgan fingerprint density at radius 1 is 1.30 bits per heavy atom. The van der Waals surface area contributed by atoms with E-state index in [4.69, 9.17) is 28.9 Å². The Labute approximate surface area is 145 Å². The number of nitrogens with zero attached hydrogens (tertiary/aromatic N) is 3. The molecule has 2 heterocycles. The zero-order valence-electron chi connectivity index (χ0n) is 12.9. The molecule has 122 valence electrons. The first-order valence-corrected chi connectivity index (χ1v) is 8.38. The van der Waals surface area contributed by atoms with Gasteiger partial charge in [0.05, 0.1) is 15.7 Å². The lowest BCUT2D eigenvalue weighted by Gasteiger charge is -2.32. The Kier molecular flexibility index (Phi) is 4.78. The van der Waals surface area contributed by atoms with Crippen LogP contribution in [-0.4, -0.2) is 23.1 Å². The first kappa shape index (κ1) is 16.1. The third-order valence-corrected chi connectivity index (χ3v) is 4.84. The summed E-state index contributed by atoms with van der Waals surface area (Å²) in [4.78, 5) is 10.8. The van der Waals surface area contributed by atoms with Crippen LogP contribution in [0, 0.1) is 5.92 Å². The third kappa shape index (κ3) is 3.46. The van der Waals surface area contributed by atoms with Gasteiger partial charge >= 0.3 is 0 Å². The smallest absolute Gasteiger partial charge is 0.159 e. The van der Waals surface area contributed by atoms with E-state index in [0.29, 0.717) is 33.2 Å². The summed E-state index contributed by atoms with van der Waals surface area (Å²) in [7, 11) is 0. The number of nitrogen functional groups attached to an aromatic ring is 1. The van der Waals surface area contributed by atoms with Gasteiger partial charge in [-0.15, -0.1) is 0 Å². The van der Waals surface area contributed by atoms with Gasteiger partial charge in [0.25, 0.3) is 0 Å². The number of piperidine rings is 1. The van der Waals surface area contributed by atoms with Crippen molar-refractivity contribution >= 4 is 46.2 Å². The monoisotopic (exact) mass is 351 g/mol. The second-order valence-corrected chi connectivity index (χ2v) is 6.66. The average Bonchev–Trinajstić information content (AvgIpc) is 2.53. The molecule has 5 nitrogen and oxygen atoms in total. The van der Waals surface area contributed by atoms with Crippen LogP contribution in [0.2, 0.25) is 10.0 Å². The van der Waals surface area contributed by atoms with E-state index < -0.39 is 0 Å². The molecule has 2 aromatic rings. The maximum absolute atomic E-state index is 6.29. The summed E-state index contributed by atoms with van der Waals surface area (Å²) in [5.41, 5.74) is 7.48. The normalized spacial score (nSPS) is 18.0. The molecule has 1 saturated heterocycles. The molecule has 0 radical (unpaired) electrons. The molecule has 1 aliphatic rings. The van der Waals surface area contributed by atoms with E-state index in [-0.39, 0.29) is 0 Å². The highest BCUT2D eigenvalue weighted by Crippen LogP contribution is 2.35. The highest BCUT2D eigenvalue weighted by molar-refractivity contribution is 6.43. The summed E-state index contributed by atoms with van der Waals surface area (Å²) in [5, 5.41) is 4.08. The van der Waals surface area contributed by atoms with Crippen molar-refractivity contribution in [1.82, 2.24) is 9.97 Å². The van der Waals surface area contributed by atoms with E-state index in [2.05, 4.69) is 27.1 Å². The predicted molar refractivity (Wildman–Crippen MR) is 96.8 cm³/mol. The molecule has 23 heavy (non-hydrogen) atoms. The quantitative estimate of drug-likeness (QED) is 0.860. The minimum absolute atomic E-state index is 0.445. The first-order chi connectivity index (χ1) is 11.1. The fourth-order valence-electron chi connectivity index (χ4n) is 2.85. The third-order valence-electron chi connectivity index (χ3n) is 4.02. The highest BCUT2D eigenvalue weighted by Gasteiger charge is 2.21. The van der Waals surface area contributed by atoms with Gasteiger partial charge in [0.15, 0.2) is 11.6 Å². The van der Waals surface area contributed by atoms with Gasteiger partial charge in [0.1, 0.15) is 12.0 Å². The lowest BCUT2D eigenvalue weighted by atomic mass is 10.0. The molecule has 1 unspecified atom stereocenters. The molecule has 0 spiro atoms. The Morgan fingerprint density at radius 3 is 2.91 bits per heavy atom. The number of nitrogens with one attached hydrogen (secondary N) is 1. The maximum atomic E-state index is 6.29. The van der Waals surface area contributed by atoms with Crippen LogP contribution in [0.25, 0.3) is 0 Å². The van der Waals surface area contributed by atoms with E-state index in [1.165, 1.54) is 12.7 Å². The Hall–Kier alpha value is -1.72. The number of hydrogen-bond acceptors (Lipinski definition) is 5. The average molecular weight is 352 g/mol. The minimum atomic E-state index is 0.445. The summed E-state index contributed by atoms with van der Waals surface area (Å²) < 4.78 is 0. The van der Waals surface area contributed by atoms with E-state index in [9.17, 15) is 0 Å². The number of anilines is 4. The molecule has 0 amide bonds. The summed E-state index contributed by atoms with van der Waals surface area (Å²) in [6.07, 6.45) is 3.91. The molecule has 1 aliphatic heterocycles. The number of halogens is 2. The molecule has 0 bridgehead atoms. The van der Waals surface area contributed by atoms with Crippen molar-refractivity contribution in [3.05, 3.63) is 34.6 Å². The highest BCUT2D eigenvalue weighted by atomic mass is 35.5. The van der Waals surface area contributed by atoms with Crippen LogP contribution in [0.3, 0.4) is 0 Å². The fourth-order valence-corrected chi connectivity index (χ4v) is 3.20. The van der Waals surface area contributed by atoms with Crippen molar-refractivity contribution < 1.29 is 0 Å². The zero-order valence-corrected chi connectivity index (χ0v) is 14.4. The Balaban J connectivity index is 1.89. The van der Waals surface area contributed by atoms with E-state index >= 15 is 0 Å². The number of benzene rings is 1. The summed E-state index contributed by atoms with van der Waals surface area (Å²) in [6, 6.07) is 5.39. The zero-order chi connectivity index (χ0) is 16.4. The van der Waals surface area contributed by atoms with Gasteiger partial charge in [0, 0.05) is 13.1 Å². The fraction of sp³-hybridized carbons (Fsp3) is 0.375. The van der Waals surface area contributed by atoms with Crippen LogP contribution >= 0.6 is 23.2 Å². The molecular formula is C16H19Cl2N5. The van der Waals surface area contributed by atoms with Crippen molar-refractivity contribution in [3.63, 3.8) is 0 Å². The number of hydrogen-bond donors (Lipinski definition) is 2. The van der Waals surface area contributed by atoms with E-state index in [0.717, 1.165) is 25.3 Å². The summed E-state index contributed by atoms with van der Waals surface area (Å²) in [5.74, 6) is 1.95. The minimum Gasteiger partial charge on any atom is -0.393 e. The van der Waals surface area contributed by atoms with Crippen LogP contribution in [0.15, 0.2) is 24.5 Å². The molecule has 1 atom stereocenters. The van der Waals surface area contributed by atoms with Crippen molar-refractivity contribution in [2.75, 3.05) is 29.0 Å². The summed E-state index contributed by atoms with van der Waals surface area (Å²) >= 11 is 12.3. The molecule has 0 aliphatic carbocycles. The molecule has 7 heteroatoms. The van der Waals surface area contributed by atoms with E-state index in [1.54, 1.807) is 6.07 Å². The lowest BCUT2D eigenvalue weighted by Crippen LogP contribution is -2.35. The summed E-state index contributed by atoms with van der Waals surface area (Å²) in [6.45, 7) is 4.16. The topological polar surface area (TPSA) is 67.1 Å². The molecule has 1 aromatic heterocycles. The van der Waals surface area contributed by atoms with Crippen LogP contribution in [0.4, 0.5) is 23.0 Å². The first-order valence-electron chi connectivity index (χ1n) is 7.62. The van der Waals surface area contributed by atoms with Gasteiger partial charge in [0.2, 0.25) is 0 Å². The number of nitrogens with two attached hydrogens (primary N) is 1. The van der Waals surface area contributed by atoms with Crippen molar-refractivity contribution in [2.24, 2.45) is 5.92 Å². The van der Waals surface area contributed by atoms with Crippen LogP contribution in [-0.2, 0) is 0 Å². The largest absolute Gasteiger partial charge is 0.393 e. The van der Waals surface area contributed by atoms with Gasteiger partial charge < -0.3 is 16.0 Å². The van der Waals surface area contributed by atoms with Crippen molar-refractivity contribution in [2.45, 2.75) is 19.8 Å². The van der Waals surface area contributed by atoms with Gasteiger partial charge in [-0.3, -0.25) is 0 Å². The molecule has 1 fully saturated rings. The molecule has 3 N–H and O–H groups in total. The molecule has 1 aromatic carbocycles. The standard InChI is InChI=1S/C16H19Cl2N5/c1-10-4-3-7-23(8-10)16-14(19)15(20-9-21-16)22-12-6-2-5-11(17)13(12)18/h2,5-6,9-10H,3-4,7-8,19H2,1H3,(H,20,21,22). The number of aromatic nitrogens is 2. The predicted octanol–water partition coefficient (Wildman–Crippen LogP) is 4.35. The SMILES string of the molecule is CC1CCCN(c2ncnc(Nc3cccc(Cl)c3Cl)c2N)C1. The van der Waals surface area contributed by atoms with Crippen LogP contribution in [0.1, 0.15) is 19.8 Å². The van der Waals surface area contributed by atoms with Crippen molar-refractivity contribution in [1.29, 1.82) is 0 Å². The lowest BCUT2D eigenvalue weighted by molar-refractivity contribution is 0.445. The molecule has 3 rings (SSSR count). The second-order valence-electron chi connectivity index (χ2n) is 5.88. The van der Waals surface area contributed by atoms with E-state index in [1.807, 2.05) is 12.1 Å².